The van der Waals surface area contributed by atoms with Crippen LogP contribution < -0.4 is 10.6 Å². The molecule has 4 atom stereocenters. The Morgan fingerprint density at radius 2 is 1.12 bits per heavy atom. The monoisotopic (exact) mass is 838 g/mol. The summed E-state index contributed by atoms with van der Waals surface area (Å²) in [5.74, 6) is 4.93. The molecule has 4 aromatic heterocycles. The van der Waals surface area contributed by atoms with Crippen LogP contribution in [0.15, 0.2) is 67.0 Å². The molecule has 0 saturated carbocycles. The van der Waals surface area contributed by atoms with E-state index in [2.05, 4.69) is 137 Å². The van der Waals surface area contributed by atoms with Crippen molar-refractivity contribution in [3.63, 3.8) is 0 Å². The summed E-state index contributed by atoms with van der Waals surface area (Å²) in [5.41, 5.74) is 8.74. The van der Waals surface area contributed by atoms with Gasteiger partial charge in [-0.05, 0) is 74.2 Å². The molecule has 0 saturated heterocycles. The van der Waals surface area contributed by atoms with Crippen LogP contribution in [0.3, 0.4) is 0 Å². The number of thioether (sulfide) groups is 2. The molecule has 6 aromatic rings. The highest BCUT2D eigenvalue weighted by Gasteiger charge is 2.34. The normalized spacial score (nSPS) is 20.0. The number of benzene rings is 2. The average molecular weight is 841 g/mol. The number of aromatic nitrogens is 8. The van der Waals surface area contributed by atoms with Gasteiger partial charge in [0.25, 0.3) is 11.8 Å². The minimum absolute atomic E-state index is 0.149. The molecule has 0 amide bonds. The van der Waals surface area contributed by atoms with E-state index in [1.807, 2.05) is 47.0 Å². The van der Waals surface area contributed by atoms with Crippen LogP contribution in [0.1, 0.15) is 57.7 Å². The van der Waals surface area contributed by atoms with E-state index >= 15 is 0 Å². The molecule has 2 aliphatic heterocycles. The second kappa shape index (κ2) is 14.6. The number of fused-ring (bicyclic) bond motifs is 2. The van der Waals surface area contributed by atoms with E-state index in [-0.39, 0.29) is 10.5 Å². The second-order valence-corrected chi connectivity index (χ2v) is 16.6. The first-order valence-corrected chi connectivity index (χ1v) is 19.7. The summed E-state index contributed by atoms with van der Waals surface area (Å²) in [6.07, 6.45) is 2.69. The molecule has 12 nitrogen and oxygen atoms in total. The predicted molar refractivity (Wildman–Crippen MR) is 206 cm³/mol. The van der Waals surface area contributed by atoms with Crippen LogP contribution in [0, 0.1) is 13.8 Å². The van der Waals surface area contributed by atoms with E-state index in [9.17, 15) is 0 Å². The summed E-state index contributed by atoms with van der Waals surface area (Å²) in [7, 11) is 3.89. The van der Waals surface area contributed by atoms with Crippen molar-refractivity contribution in [2.24, 2.45) is 14.1 Å². The van der Waals surface area contributed by atoms with Crippen molar-refractivity contribution < 1.29 is 8.83 Å². The van der Waals surface area contributed by atoms with E-state index in [4.69, 9.17) is 8.83 Å². The van der Waals surface area contributed by atoms with Crippen LogP contribution in [0.4, 0.5) is 11.6 Å². The third-order valence-electron chi connectivity index (χ3n) is 8.64. The molecule has 0 radical (unpaired) electrons. The number of rotatable bonds is 4. The fraction of sp³-hybridized carbons (Fsp3) is 0.353. The van der Waals surface area contributed by atoms with Gasteiger partial charge in [0.2, 0.25) is 12.8 Å². The summed E-state index contributed by atoms with van der Waals surface area (Å²) < 4.78 is 16.8. The molecule has 2 aromatic carbocycles. The zero-order valence-electron chi connectivity index (χ0n) is 28.3. The molecule has 2 aliphatic rings. The van der Waals surface area contributed by atoms with E-state index < -0.39 is 0 Å². The van der Waals surface area contributed by atoms with E-state index in [0.717, 1.165) is 54.6 Å². The third kappa shape index (κ3) is 6.86. The molecule has 16 heteroatoms. The van der Waals surface area contributed by atoms with Crippen LogP contribution in [0.2, 0.25) is 0 Å². The SMILES string of the molecule is Cc1cc(Br)ccc1[C@@H]1SC[C@H](C)Nc2c1c(-c1nnco1)nn2C.Cc1cc(Br)ccc1[C@H]1SC[C@@H](C)Nc2c1c(-c1nnco1)nn2C. The van der Waals surface area contributed by atoms with Gasteiger partial charge in [-0.15, -0.1) is 43.9 Å². The van der Waals surface area contributed by atoms with E-state index in [1.54, 1.807) is 0 Å². The fourth-order valence-electron chi connectivity index (χ4n) is 6.34. The van der Waals surface area contributed by atoms with Crippen LogP contribution >= 0.6 is 55.4 Å². The molecule has 0 unspecified atom stereocenters. The Labute approximate surface area is 315 Å². The Hall–Kier alpha value is -3.60. The van der Waals surface area contributed by atoms with Gasteiger partial charge in [0.05, 0.1) is 10.5 Å². The Morgan fingerprint density at radius 3 is 1.48 bits per heavy atom. The maximum Gasteiger partial charge on any atom is 0.268 e. The van der Waals surface area contributed by atoms with Gasteiger partial charge in [-0.3, -0.25) is 9.36 Å². The number of aryl methyl sites for hydroxylation is 4. The van der Waals surface area contributed by atoms with Crippen LogP contribution in [-0.2, 0) is 14.1 Å². The molecular weight excluding hydrogens is 804 g/mol. The summed E-state index contributed by atoms with van der Waals surface area (Å²) in [6.45, 7) is 8.66. The number of anilines is 2. The van der Waals surface area contributed by atoms with Crippen molar-refractivity contribution in [2.45, 2.75) is 50.3 Å². The van der Waals surface area contributed by atoms with Gasteiger partial charge in [-0.1, -0.05) is 44.0 Å². The lowest BCUT2D eigenvalue weighted by Gasteiger charge is -2.18. The van der Waals surface area contributed by atoms with Gasteiger partial charge in [0.15, 0.2) is 11.4 Å². The van der Waals surface area contributed by atoms with Gasteiger partial charge in [0.1, 0.15) is 11.6 Å². The molecule has 260 valence electrons. The first-order chi connectivity index (χ1) is 24.1. The Kier molecular flexibility index (Phi) is 10.1. The number of hydrogen-bond acceptors (Lipinski definition) is 12. The van der Waals surface area contributed by atoms with Gasteiger partial charge in [-0.2, -0.15) is 10.2 Å². The van der Waals surface area contributed by atoms with Gasteiger partial charge < -0.3 is 19.5 Å². The zero-order valence-corrected chi connectivity index (χ0v) is 33.1. The Bertz CT molecular complexity index is 1970. The van der Waals surface area contributed by atoms with Gasteiger partial charge in [-0.25, -0.2) is 0 Å². The van der Waals surface area contributed by atoms with Crippen LogP contribution in [-0.4, -0.2) is 63.5 Å². The molecule has 50 heavy (non-hydrogen) atoms. The summed E-state index contributed by atoms with van der Waals surface area (Å²) in [4.78, 5) is 0. The zero-order chi connectivity index (χ0) is 35.1. The third-order valence-corrected chi connectivity index (χ3v) is 12.7. The quantitative estimate of drug-likeness (QED) is 0.177. The molecule has 2 N–H and O–H groups in total. The van der Waals surface area contributed by atoms with Crippen LogP contribution in [0.5, 0.6) is 0 Å². The maximum absolute atomic E-state index is 5.46. The van der Waals surface area contributed by atoms with E-state index in [1.165, 1.54) is 35.0 Å². The summed E-state index contributed by atoms with van der Waals surface area (Å²) >= 11 is 10.9. The predicted octanol–water partition coefficient (Wildman–Crippen LogP) is 8.36. The topological polar surface area (TPSA) is 138 Å². The van der Waals surface area contributed by atoms with Gasteiger partial charge >= 0.3 is 0 Å². The minimum atomic E-state index is 0.149. The number of nitrogens with zero attached hydrogens (tertiary/aromatic N) is 8. The van der Waals surface area contributed by atoms with Crippen molar-refractivity contribution in [2.75, 3.05) is 22.1 Å². The standard InChI is InChI=1S/2C17H18BrN5OS/c2*1-9-6-11(18)4-5-12(9)15-13-14(17-21-19-8-24-17)22-23(3)16(13)20-10(2)7-25-15/h2*4-6,8,10,15,20H,7H2,1-3H3/t2*10-,15-/m10/s1. The van der Waals surface area contributed by atoms with Crippen molar-refractivity contribution in [1.82, 2.24) is 40.0 Å². The maximum atomic E-state index is 5.46. The molecular formula is C34H36Br2N10O2S2. The minimum Gasteiger partial charge on any atom is -0.422 e. The highest BCUT2D eigenvalue weighted by atomic mass is 79.9. The van der Waals surface area contributed by atoms with Crippen molar-refractivity contribution >= 4 is 67.0 Å². The largest absolute Gasteiger partial charge is 0.422 e. The Balaban J connectivity index is 0.000000157. The second-order valence-electron chi connectivity index (χ2n) is 12.5. The number of halogens is 2. The highest BCUT2D eigenvalue weighted by molar-refractivity contribution is 9.10. The smallest absolute Gasteiger partial charge is 0.268 e. The first-order valence-electron chi connectivity index (χ1n) is 16.0. The summed E-state index contributed by atoms with van der Waals surface area (Å²) in [6, 6.07) is 13.5. The molecule has 0 bridgehead atoms. The van der Waals surface area contributed by atoms with E-state index in [0.29, 0.717) is 23.9 Å². The summed E-state index contributed by atoms with van der Waals surface area (Å²) in [5, 5.41) is 32.6. The Morgan fingerprint density at radius 1 is 0.700 bits per heavy atom. The molecule has 0 spiro atoms. The highest BCUT2D eigenvalue weighted by Crippen LogP contribution is 2.48. The molecule has 0 fully saturated rings. The lowest BCUT2D eigenvalue weighted by molar-refractivity contribution is 0.563. The number of nitrogens with one attached hydrogen (secondary N) is 2. The number of hydrogen-bond donors (Lipinski definition) is 2. The van der Waals surface area contributed by atoms with Gasteiger partial charge in [0, 0.05) is 57.8 Å². The van der Waals surface area contributed by atoms with Crippen molar-refractivity contribution in [1.29, 1.82) is 0 Å². The average Bonchev–Trinajstić information content (AvgIpc) is 3.87. The lowest BCUT2D eigenvalue weighted by Crippen LogP contribution is -2.18. The lowest BCUT2D eigenvalue weighted by atomic mass is 9.99. The molecule has 6 heterocycles. The van der Waals surface area contributed by atoms with Crippen LogP contribution in [0.25, 0.3) is 23.2 Å². The molecule has 0 aliphatic carbocycles. The van der Waals surface area contributed by atoms with Crippen molar-refractivity contribution in [3.05, 3.63) is 91.5 Å². The fourth-order valence-corrected chi connectivity index (χ4v) is 10.1. The molecule has 8 rings (SSSR count). The first kappa shape index (κ1) is 34.8. The van der Waals surface area contributed by atoms with Crippen molar-refractivity contribution in [3.8, 4) is 23.2 Å².